The summed E-state index contributed by atoms with van der Waals surface area (Å²) in [6.45, 7) is 2.21. The normalized spacial score (nSPS) is 11.7. The van der Waals surface area contributed by atoms with Gasteiger partial charge in [-0.2, -0.15) is 5.10 Å². The van der Waals surface area contributed by atoms with Gasteiger partial charge in [0.05, 0.1) is 4.90 Å². The highest BCUT2D eigenvalue weighted by molar-refractivity contribution is 7.89. The fourth-order valence-electron chi connectivity index (χ4n) is 1.94. The molecule has 1 heterocycles. The fraction of sp³-hybridized carbons (Fsp3) is 0.385. The van der Waals surface area contributed by atoms with Gasteiger partial charge in [0.25, 0.3) is 0 Å². The summed E-state index contributed by atoms with van der Waals surface area (Å²) in [7, 11) is -1.80. The van der Waals surface area contributed by atoms with Gasteiger partial charge in [-0.3, -0.25) is 4.68 Å². The van der Waals surface area contributed by atoms with Crippen molar-refractivity contribution in [2.45, 2.75) is 24.7 Å². The van der Waals surface area contributed by atoms with Crippen molar-refractivity contribution in [3.8, 4) is 0 Å². The monoisotopic (exact) mass is 309 g/mol. The molecule has 0 atom stereocenters. The summed E-state index contributed by atoms with van der Waals surface area (Å²) in [6, 6.07) is 4.79. The van der Waals surface area contributed by atoms with Crippen molar-refractivity contribution in [3.05, 3.63) is 35.9 Å². The Labute approximate surface area is 124 Å². The van der Waals surface area contributed by atoms with Gasteiger partial charge in [0, 0.05) is 25.7 Å². The topological polar surface area (TPSA) is 103 Å². The number of rotatable bonds is 6. The second-order valence-corrected chi connectivity index (χ2v) is 6.46. The molecule has 1 aromatic heterocycles. The number of nitrogens with zero attached hydrogens (tertiary/aromatic N) is 3. The van der Waals surface area contributed by atoms with Crippen molar-refractivity contribution in [2.75, 3.05) is 12.3 Å². The first-order valence-corrected chi connectivity index (χ1v) is 8.13. The lowest BCUT2D eigenvalue weighted by atomic mass is 10.1. The third-order valence-electron chi connectivity index (χ3n) is 3.10. The molecule has 0 aliphatic heterocycles. The van der Waals surface area contributed by atoms with Crippen LogP contribution in [-0.4, -0.2) is 29.7 Å². The summed E-state index contributed by atoms with van der Waals surface area (Å²) in [5.74, 6) is 0.598. The molecule has 2 aromatic rings. The minimum absolute atomic E-state index is 0.172. The molecule has 0 spiro atoms. The lowest BCUT2D eigenvalue weighted by Crippen LogP contribution is -2.26. The summed E-state index contributed by atoms with van der Waals surface area (Å²) < 4.78 is 28.4. The van der Waals surface area contributed by atoms with Crippen LogP contribution in [0.15, 0.2) is 29.4 Å². The number of anilines is 1. The van der Waals surface area contributed by atoms with Gasteiger partial charge in [-0.1, -0.05) is 13.0 Å². The third kappa shape index (κ3) is 3.79. The van der Waals surface area contributed by atoms with Crippen LogP contribution in [0.5, 0.6) is 0 Å². The number of hydrogen-bond acceptors (Lipinski definition) is 5. The van der Waals surface area contributed by atoms with E-state index in [0.29, 0.717) is 17.9 Å². The minimum Gasteiger partial charge on any atom is -0.398 e. The van der Waals surface area contributed by atoms with Crippen LogP contribution in [0.25, 0.3) is 0 Å². The molecule has 0 amide bonds. The lowest BCUT2D eigenvalue weighted by molar-refractivity contribution is 0.580. The molecule has 7 nitrogen and oxygen atoms in total. The highest BCUT2D eigenvalue weighted by Crippen LogP contribution is 2.18. The Hall–Kier alpha value is -1.93. The molecule has 0 fully saturated rings. The fourth-order valence-corrected chi connectivity index (χ4v) is 3.01. The van der Waals surface area contributed by atoms with Gasteiger partial charge in [-0.25, -0.2) is 18.1 Å². The number of aryl methyl sites for hydroxylation is 2. The zero-order chi connectivity index (χ0) is 15.5. The molecule has 1 aromatic carbocycles. The predicted molar refractivity (Wildman–Crippen MR) is 80.1 cm³/mol. The minimum atomic E-state index is -3.56. The van der Waals surface area contributed by atoms with Crippen molar-refractivity contribution >= 4 is 15.7 Å². The molecule has 0 saturated heterocycles. The Morgan fingerprint density at radius 1 is 1.38 bits per heavy atom. The molecule has 0 aliphatic carbocycles. The standard InChI is InChI=1S/C13H19N5O2S/c1-3-10-4-5-11(8-12(10)14)21(19,20)16-7-6-13-15-9-18(2)17-13/h4-5,8-9,16H,3,6-7,14H2,1-2H3. The second-order valence-electron chi connectivity index (χ2n) is 4.70. The number of hydrogen-bond donors (Lipinski definition) is 2. The number of nitrogen functional groups attached to an aromatic ring is 1. The molecule has 3 N–H and O–H groups in total. The van der Waals surface area contributed by atoms with Crippen molar-refractivity contribution in [1.29, 1.82) is 0 Å². The summed E-state index contributed by atoms with van der Waals surface area (Å²) in [5, 5.41) is 4.09. The van der Waals surface area contributed by atoms with Gasteiger partial charge < -0.3 is 5.73 Å². The van der Waals surface area contributed by atoms with E-state index in [2.05, 4.69) is 14.8 Å². The van der Waals surface area contributed by atoms with E-state index in [1.165, 1.54) is 6.07 Å². The zero-order valence-corrected chi connectivity index (χ0v) is 12.9. The van der Waals surface area contributed by atoms with Crippen molar-refractivity contribution in [1.82, 2.24) is 19.5 Å². The van der Waals surface area contributed by atoms with Crippen LogP contribution in [0.4, 0.5) is 5.69 Å². The molecule has 2 rings (SSSR count). The van der Waals surface area contributed by atoms with E-state index >= 15 is 0 Å². The van der Waals surface area contributed by atoms with Gasteiger partial charge in [0.15, 0.2) is 5.82 Å². The van der Waals surface area contributed by atoms with E-state index in [9.17, 15) is 8.42 Å². The molecule has 0 radical (unpaired) electrons. The average molecular weight is 309 g/mol. The number of nitrogens with one attached hydrogen (secondary N) is 1. The average Bonchev–Trinajstić information content (AvgIpc) is 2.84. The van der Waals surface area contributed by atoms with E-state index < -0.39 is 10.0 Å². The van der Waals surface area contributed by atoms with Gasteiger partial charge in [0.2, 0.25) is 10.0 Å². The molecule has 0 aliphatic rings. The summed E-state index contributed by atoms with van der Waals surface area (Å²) in [4.78, 5) is 4.21. The van der Waals surface area contributed by atoms with Gasteiger partial charge in [0.1, 0.15) is 6.33 Å². The van der Waals surface area contributed by atoms with Crippen molar-refractivity contribution in [3.63, 3.8) is 0 Å². The van der Waals surface area contributed by atoms with E-state index in [-0.39, 0.29) is 11.4 Å². The molecule has 0 unspecified atom stereocenters. The SMILES string of the molecule is CCc1ccc(S(=O)(=O)NCCc2ncn(C)n2)cc1N. The Kier molecular flexibility index (Phi) is 4.59. The summed E-state index contributed by atoms with van der Waals surface area (Å²) >= 11 is 0. The molecule has 114 valence electrons. The van der Waals surface area contributed by atoms with Crippen LogP contribution in [-0.2, 0) is 29.9 Å². The van der Waals surface area contributed by atoms with E-state index in [0.717, 1.165) is 12.0 Å². The maximum absolute atomic E-state index is 12.2. The predicted octanol–water partition coefficient (Wildman–Crippen LogP) is 0.481. The van der Waals surface area contributed by atoms with Crippen LogP contribution in [0.1, 0.15) is 18.3 Å². The van der Waals surface area contributed by atoms with Crippen LogP contribution < -0.4 is 10.5 Å². The first kappa shape index (κ1) is 15.5. The number of sulfonamides is 1. The molecule has 8 heteroatoms. The molecule has 0 saturated carbocycles. The first-order chi connectivity index (χ1) is 9.92. The zero-order valence-electron chi connectivity index (χ0n) is 12.1. The summed E-state index contributed by atoms with van der Waals surface area (Å²) in [6.07, 6.45) is 2.78. The van der Waals surface area contributed by atoms with Crippen LogP contribution in [0.3, 0.4) is 0 Å². The highest BCUT2D eigenvalue weighted by Gasteiger charge is 2.15. The van der Waals surface area contributed by atoms with E-state index in [1.807, 2.05) is 6.92 Å². The van der Waals surface area contributed by atoms with Gasteiger partial charge in [-0.15, -0.1) is 0 Å². The van der Waals surface area contributed by atoms with Crippen LogP contribution in [0, 0.1) is 0 Å². The largest absolute Gasteiger partial charge is 0.398 e. The third-order valence-corrected chi connectivity index (χ3v) is 4.55. The van der Waals surface area contributed by atoms with E-state index in [1.54, 1.807) is 30.2 Å². The quantitative estimate of drug-likeness (QED) is 0.756. The number of benzene rings is 1. The van der Waals surface area contributed by atoms with Crippen molar-refractivity contribution < 1.29 is 8.42 Å². The van der Waals surface area contributed by atoms with Gasteiger partial charge >= 0.3 is 0 Å². The van der Waals surface area contributed by atoms with Crippen molar-refractivity contribution in [2.24, 2.45) is 7.05 Å². The number of aromatic nitrogens is 3. The number of nitrogens with two attached hydrogens (primary N) is 1. The second kappa shape index (κ2) is 6.23. The van der Waals surface area contributed by atoms with Gasteiger partial charge in [-0.05, 0) is 24.1 Å². The molecular formula is C13H19N5O2S. The lowest BCUT2D eigenvalue weighted by Gasteiger charge is -2.08. The maximum Gasteiger partial charge on any atom is 0.240 e. The Bertz CT molecular complexity index is 724. The van der Waals surface area contributed by atoms with Crippen LogP contribution in [0.2, 0.25) is 0 Å². The first-order valence-electron chi connectivity index (χ1n) is 6.65. The van der Waals surface area contributed by atoms with E-state index in [4.69, 9.17) is 5.73 Å². The smallest absolute Gasteiger partial charge is 0.240 e. The summed E-state index contributed by atoms with van der Waals surface area (Å²) in [5.41, 5.74) is 7.27. The molecule has 0 bridgehead atoms. The Morgan fingerprint density at radius 3 is 2.71 bits per heavy atom. The molecular weight excluding hydrogens is 290 g/mol. The Morgan fingerprint density at radius 2 is 2.14 bits per heavy atom. The molecule has 21 heavy (non-hydrogen) atoms. The Balaban J connectivity index is 2.02. The highest BCUT2D eigenvalue weighted by atomic mass is 32.2. The maximum atomic E-state index is 12.2. The van der Waals surface area contributed by atoms with Crippen LogP contribution >= 0.6 is 0 Å².